The van der Waals surface area contributed by atoms with Crippen LogP contribution in [0, 0.1) is 0 Å². The number of hydrogen-bond acceptors (Lipinski definition) is 4. The molecular formula is C18H26Cl2F2N4O2. The standard InChI is InChI=1S/C18H24F2N4O2.2ClH/c1-23-5-7-24(8-6-23)16(25)10-13-3-2-4-14(9-13)22-17(26)15-11-18(19,20)12-21-15;;/h2-4,9,15,21H,5-8,10-12H2,1H3,(H,22,26);2*1H. The van der Waals surface area contributed by atoms with Gasteiger partial charge in [0.05, 0.1) is 19.0 Å². The fourth-order valence-corrected chi connectivity index (χ4v) is 3.23. The summed E-state index contributed by atoms with van der Waals surface area (Å²) in [6.07, 6.45) is -0.242. The van der Waals surface area contributed by atoms with Gasteiger partial charge in [0.25, 0.3) is 5.92 Å². The van der Waals surface area contributed by atoms with Crippen LogP contribution in [0.25, 0.3) is 0 Å². The maximum absolute atomic E-state index is 13.2. The summed E-state index contributed by atoms with van der Waals surface area (Å²) in [5, 5.41) is 5.19. The van der Waals surface area contributed by atoms with Crippen molar-refractivity contribution in [2.75, 3.05) is 45.1 Å². The molecule has 10 heteroatoms. The summed E-state index contributed by atoms with van der Waals surface area (Å²) in [5.41, 5.74) is 1.30. The molecule has 28 heavy (non-hydrogen) atoms. The van der Waals surface area contributed by atoms with E-state index in [2.05, 4.69) is 15.5 Å². The molecule has 3 rings (SSSR count). The van der Waals surface area contributed by atoms with Gasteiger partial charge in [-0.3, -0.25) is 14.9 Å². The van der Waals surface area contributed by atoms with Crippen LogP contribution in [0.2, 0.25) is 0 Å². The predicted octanol–water partition coefficient (Wildman–Crippen LogP) is 1.78. The number of carbonyl (C=O) groups is 2. The predicted molar refractivity (Wildman–Crippen MR) is 109 cm³/mol. The van der Waals surface area contributed by atoms with Crippen LogP contribution in [-0.2, 0) is 16.0 Å². The monoisotopic (exact) mass is 438 g/mol. The zero-order valence-corrected chi connectivity index (χ0v) is 17.3. The molecule has 2 fully saturated rings. The molecule has 0 saturated carbocycles. The van der Waals surface area contributed by atoms with E-state index in [4.69, 9.17) is 0 Å². The van der Waals surface area contributed by atoms with Crippen LogP contribution in [-0.4, -0.2) is 73.4 Å². The molecule has 0 radical (unpaired) electrons. The number of carbonyl (C=O) groups excluding carboxylic acids is 2. The van der Waals surface area contributed by atoms with Gasteiger partial charge in [0.15, 0.2) is 0 Å². The Morgan fingerprint density at radius 3 is 2.50 bits per heavy atom. The number of halogens is 4. The van der Waals surface area contributed by atoms with Gasteiger partial charge in [-0.2, -0.15) is 0 Å². The van der Waals surface area contributed by atoms with E-state index in [1.54, 1.807) is 18.2 Å². The first-order valence-electron chi connectivity index (χ1n) is 8.80. The van der Waals surface area contributed by atoms with Crippen LogP contribution >= 0.6 is 24.8 Å². The maximum Gasteiger partial charge on any atom is 0.262 e. The number of rotatable bonds is 4. The molecule has 2 saturated heterocycles. The summed E-state index contributed by atoms with van der Waals surface area (Å²) in [7, 11) is 2.03. The minimum absolute atomic E-state index is 0. The quantitative estimate of drug-likeness (QED) is 0.751. The topological polar surface area (TPSA) is 64.7 Å². The Bertz CT molecular complexity index is 685. The third-order valence-electron chi connectivity index (χ3n) is 4.83. The van der Waals surface area contributed by atoms with Gasteiger partial charge < -0.3 is 15.1 Å². The molecule has 0 aliphatic carbocycles. The minimum atomic E-state index is -2.85. The van der Waals surface area contributed by atoms with Crippen LogP contribution in [0.4, 0.5) is 14.5 Å². The third kappa shape index (κ3) is 6.55. The van der Waals surface area contributed by atoms with E-state index in [-0.39, 0.29) is 37.1 Å². The number of alkyl halides is 2. The SMILES string of the molecule is CN1CCN(C(=O)Cc2cccc(NC(=O)C3CC(F)(F)CN3)c2)CC1.Cl.Cl. The van der Waals surface area contributed by atoms with E-state index in [1.807, 2.05) is 18.0 Å². The third-order valence-corrected chi connectivity index (χ3v) is 4.83. The van der Waals surface area contributed by atoms with Crippen LogP contribution in [0.15, 0.2) is 24.3 Å². The number of nitrogens with zero attached hydrogens (tertiary/aromatic N) is 2. The highest BCUT2D eigenvalue weighted by Gasteiger charge is 2.42. The number of piperazine rings is 1. The summed E-state index contributed by atoms with van der Waals surface area (Å²) >= 11 is 0. The van der Waals surface area contributed by atoms with Gasteiger partial charge in [-0.1, -0.05) is 12.1 Å². The van der Waals surface area contributed by atoms with Crippen LogP contribution < -0.4 is 10.6 Å². The molecule has 6 nitrogen and oxygen atoms in total. The Kier molecular flexibility index (Phi) is 9.07. The molecule has 2 heterocycles. The van der Waals surface area contributed by atoms with Gasteiger partial charge >= 0.3 is 0 Å². The maximum atomic E-state index is 13.2. The Hall–Kier alpha value is -1.48. The second-order valence-corrected chi connectivity index (χ2v) is 7.04. The van der Waals surface area contributed by atoms with Crippen molar-refractivity contribution in [2.45, 2.75) is 24.8 Å². The lowest BCUT2D eigenvalue weighted by molar-refractivity contribution is -0.132. The van der Waals surface area contributed by atoms with E-state index in [1.165, 1.54) is 0 Å². The summed E-state index contributed by atoms with van der Waals surface area (Å²) in [5.74, 6) is -3.28. The molecule has 0 bridgehead atoms. The highest BCUT2D eigenvalue weighted by molar-refractivity contribution is 5.95. The van der Waals surface area contributed by atoms with Crippen LogP contribution in [0.5, 0.6) is 0 Å². The van der Waals surface area contributed by atoms with Crippen molar-refractivity contribution < 1.29 is 18.4 Å². The summed E-state index contributed by atoms with van der Waals surface area (Å²) in [6.45, 7) is 2.67. The molecule has 1 aromatic carbocycles. The normalized spacial score (nSPS) is 21.4. The molecular weight excluding hydrogens is 413 g/mol. The van der Waals surface area contributed by atoms with Crippen molar-refractivity contribution in [3.8, 4) is 0 Å². The molecule has 1 atom stereocenters. The first-order valence-corrected chi connectivity index (χ1v) is 8.80. The second kappa shape index (κ2) is 10.3. The van der Waals surface area contributed by atoms with Gasteiger partial charge in [0, 0.05) is 38.3 Å². The lowest BCUT2D eigenvalue weighted by atomic mass is 10.1. The van der Waals surface area contributed by atoms with Crippen LogP contribution in [0.3, 0.4) is 0 Å². The summed E-state index contributed by atoms with van der Waals surface area (Å²) < 4.78 is 26.4. The molecule has 2 amide bonds. The Morgan fingerprint density at radius 1 is 1.21 bits per heavy atom. The Morgan fingerprint density at radius 2 is 1.89 bits per heavy atom. The first kappa shape index (κ1) is 24.6. The molecule has 1 aromatic rings. The average Bonchev–Trinajstić information content (AvgIpc) is 2.96. The Labute approximate surface area is 175 Å². The number of nitrogens with one attached hydrogen (secondary N) is 2. The van der Waals surface area contributed by atoms with Crippen molar-refractivity contribution in [3.05, 3.63) is 29.8 Å². The molecule has 2 aliphatic heterocycles. The van der Waals surface area contributed by atoms with Crippen molar-refractivity contribution >= 4 is 42.3 Å². The molecule has 158 valence electrons. The molecule has 0 spiro atoms. The van der Waals surface area contributed by atoms with Gasteiger partial charge in [0.2, 0.25) is 11.8 Å². The van der Waals surface area contributed by atoms with Gasteiger partial charge in [-0.15, -0.1) is 24.8 Å². The molecule has 1 unspecified atom stereocenters. The lowest BCUT2D eigenvalue weighted by Gasteiger charge is -2.32. The van der Waals surface area contributed by atoms with Gasteiger partial charge in [-0.05, 0) is 24.7 Å². The molecule has 0 aromatic heterocycles. The van der Waals surface area contributed by atoms with E-state index in [9.17, 15) is 18.4 Å². The zero-order chi connectivity index (χ0) is 18.7. The Balaban J connectivity index is 0.00000196. The summed E-state index contributed by atoms with van der Waals surface area (Å²) in [4.78, 5) is 28.6. The van der Waals surface area contributed by atoms with Crippen molar-refractivity contribution in [3.63, 3.8) is 0 Å². The molecule has 2 aliphatic rings. The van der Waals surface area contributed by atoms with E-state index in [0.29, 0.717) is 18.8 Å². The smallest absolute Gasteiger partial charge is 0.262 e. The van der Waals surface area contributed by atoms with Gasteiger partial charge in [-0.25, -0.2) is 8.78 Å². The highest BCUT2D eigenvalue weighted by Crippen LogP contribution is 2.25. The number of amides is 2. The number of likely N-dealkylation sites (N-methyl/N-ethyl adjacent to an activating group) is 1. The fourth-order valence-electron chi connectivity index (χ4n) is 3.23. The summed E-state index contributed by atoms with van der Waals surface area (Å²) in [6, 6.07) is 6.08. The van der Waals surface area contributed by atoms with Crippen LogP contribution in [0.1, 0.15) is 12.0 Å². The van der Waals surface area contributed by atoms with Crippen molar-refractivity contribution in [1.82, 2.24) is 15.1 Å². The van der Waals surface area contributed by atoms with Crippen molar-refractivity contribution in [1.29, 1.82) is 0 Å². The number of hydrogen-bond donors (Lipinski definition) is 2. The minimum Gasteiger partial charge on any atom is -0.340 e. The zero-order valence-electron chi connectivity index (χ0n) is 15.6. The number of anilines is 1. The van der Waals surface area contributed by atoms with E-state index >= 15 is 0 Å². The fraction of sp³-hybridized carbons (Fsp3) is 0.556. The number of benzene rings is 1. The lowest BCUT2D eigenvalue weighted by Crippen LogP contribution is -2.47. The van der Waals surface area contributed by atoms with E-state index < -0.39 is 30.8 Å². The first-order chi connectivity index (χ1) is 12.3. The van der Waals surface area contributed by atoms with E-state index in [0.717, 1.165) is 18.7 Å². The second-order valence-electron chi connectivity index (χ2n) is 7.04. The molecule has 2 N–H and O–H groups in total. The average molecular weight is 439 g/mol. The largest absolute Gasteiger partial charge is 0.340 e. The van der Waals surface area contributed by atoms with Gasteiger partial charge in [0.1, 0.15) is 0 Å². The highest BCUT2D eigenvalue weighted by atomic mass is 35.5. The van der Waals surface area contributed by atoms with Crippen molar-refractivity contribution in [2.24, 2.45) is 0 Å².